The van der Waals surface area contributed by atoms with E-state index in [9.17, 15) is 10.1 Å². The van der Waals surface area contributed by atoms with E-state index in [0.717, 1.165) is 30.1 Å². The summed E-state index contributed by atoms with van der Waals surface area (Å²) in [6.45, 7) is 2.75. The van der Waals surface area contributed by atoms with E-state index >= 15 is 0 Å². The van der Waals surface area contributed by atoms with Crippen molar-refractivity contribution in [2.75, 3.05) is 11.9 Å². The minimum atomic E-state index is -0.455. The highest BCUT2D eigenvalue weighted by atomic mass is 35.5. The van der Waals surface area contributed by atoms with E-state index in [1.165, 1.54) is 18.9 Å². The van der Waals surface area contributed by atoms with E-state index in [1.807, 2.05) is 6.92 Å². The highest BCUT2D eigenvalue weighted by Crippen LogP contribution is 2.33. The molecule has 0 spiro atoms. The lowest BCUT2D eigenvalue weighted by molar-refractivity contribution is -0.384. The first-order valence-electron chi connectivity index (χ1n) is 5.76. The lowest BCUT2D eigenvalue weighted by atomic mass is 10.1. The average molecular weight is 255 g/mol. The largest absolute Gasteiger partial charge is 0.385 e. The molecule has 0 aliphatic heterocycles. The van der Waals surface area contributed by atoms with Crippen molar-refractivity contribution in [2.45, 2.75) is 26.2 Å². The number of nitro benzene ring substituents is 1. The standard InChI is InChI=1S/C12H15ClN2O2/c1-8-6-12(15(16)17)10(13)7-11(8)14-5-4-9-2-3-9/h6-7,9,14H,2-5H2,1H3. The smallest absolute Gasteiger partial charge is 0.288 e. The molecule has 92 valence electrons. The molecule has 1 aromatic carbocycles. The van der Waals surface area contributed by atoms with Crippen LogP contribution in [-0.2, 0) is 0 Å². The molecule has 0 amide bonds. The Labute approximate surface area is 105 Å². The molecule has 1 N–H and O–H groups in total. The summed E-state index contributed by atoms with van der Waals surface area (Å²) in [6.07, 6.45) is 3.83. The van der Waals surface area contributed by atoms with Crippen molar-refractivity contribution in [3.8, 4) is 0 Å². The Morgan fingerprint density at radius 2 is 2.24 bits per heavy atom. The van der Waals surface area contributed by atoms with Crippen molar-refractivity contribution < 1.29 is 4.92 Å². The van der Waals surface area contributed by atoms with Crippen molar-refractivity contribution in [3.05, 3.63) is 32.8 Å². The van der Waals surface area contributed by atoms with Gasteiger partial charge in [-0.3, -0.25) is 10.1 Å². The summed E-state index contributed by atoms with van der Waals surface area (Å²) < 4.78 is 0. The fourth-order valence-electron chi connectivity index (χ4n) is 1.81. The molecule has 1 aliphatic carbocycles. The summed E-state index contributed by atoms with van der Waals surface area (Å²) in [7, 11) is 0. The number of anilines is 1. The van der Waals surface area contributed by atoms with Crippen LogP contribution in [0.2, 0.25) is 5.02 Å². The molecule has 0 bridgehead atoms. The van der Waals surface area contributed by atoms with Gasteiger partial charge >= 0.3 is 0 Å². The Balaban J connectivity index is 2.05. The number of benzene rings is 1. The van der Waals surface area contributed by atoms with E-state index in [2.05, 4.69) is 5.32 Å². The topological polar surface area (TPSA) is 55.2 Å². The molecule has 1 saturated carbocycles. The lowest BCUT2D eigenvalue weighted by Gasteiger charge is -2.09. The molecular weight excluding hydrogens is 240 g/mol. The van der Waals surface area contributed by atoms with Crippen LogP contribution in [0.5, 0.6) is 0 Å². The number of nitrogens with one attached hydrogen (secondary N) is 1. The predicted molar refractivity (Wildman–Crippen MR) is 68.7 cm³/mol. The number of nitrogens with zero attached hydrogens (tertiary/aromatic N) is 1. The molecule has 0 heterocycles. The molecule has 17 heavy (non-hydrogen) atoms. The van der Waals surface area contributed by atoms with Gasteiger partial charge in [0.1, 0.15) is 5.02 Å². The van der Waals surface area contributed by atoms with Crippen LogP contribution >= 0.6 is 11.6 Å². The molecule has 0 atom stereocenters. The summed E-state index contributed by atoms with van der Waals surface area (Å²) in [4.78, 5) is 10.2. The van der Waals surface area contributed by atoms with Crippen molar-refractivity contribution in [2.24, 2.45) is 5.92 Å². The third-order valence-electron chi connectivity index (χ3n) is 3.06. The van der Waals surface area contributed by atoms with Gasteiger partial charge in [0.05, 0.1) is 4.92 Å². The summed E-state index contributed by atoms with van der Waals surface area (Å²) in [5.41, 5.74) is 1.72. The molecule has 0 radical (unpaired) electrons. The van der Waals surface area contributed by atoms with Gasteiger partial charge in [0.15, 0.2) is 0 Å². The van der Waals surface area contributed by atoms with Gasteiger partial charge < -0.3 is 5.32 Å². The van der Waals surface area contributed by atoms with Crippen LogP contribution in [0, 0.1) is 23.0 Å². The number of aryl methyl sites for hydroxylation is 1. The summed E-state index contributed by atoms with van der Waals surface area (Å²) in [5, 5.41) is 14.2. The molecule has 0 unspecified atom stereocenters. The summed E-state index contributed by atoms with van der Waals surface area (Å²) in [5.74, 6) is 0.872. The second-order valence-electron chi connectivity index (χ2n) is 4.53. The molecular formula is C12H15ClN2O2. The number of hydrogen-bond donors (Lipinski definition) is 1. The maximum Gasteiger partial charge on any atom is 0.288 e. The predicted octanol–water partition coefficient (Wildman–Crippen LogP) is 3.77. The molecule has 1 fully saturated rings. The zero-order valence-electron chi connectivity index (χ0n) is 9.70. The lowest BCUT2D eigenvalue weighted by Crippen LogP contribution is -2.04. The van der Waals surface area contributed by atoms with Gasteiger partial charge in [0, 0.05) is 18.3 Å². The van der Waals surface area contributed by atoms with Gasteiger partial charge in [-0.05, 0) is 30.9 Å². The fourth-order valence-corrected chi connectivity index (χ4v) is 2.05. The molecule has 0 saturated heterocycles. The molecule has 4 nitrogen and oxygen atoms in total. The normalized spacial score (nSPS) is 14.7. The maximum atomic E-state index is 10.7. The third kappa shape index (κ3) is 3.09. The zero-order valence-corrected chi connectivity index (χ0v) is 10.5. The Hall–Kier alpha value is -1.29. The van der Waals surface area contributed by atoms with Crippen LogP contribution in [0.3, 0.4) is 0 Å². The van der Waals surface area contributed by atoms with Crippen LogP contribution in [0.15, 0.2) is 12.1 Å². The van der Waals surface area contributed by atoms with Crippen LogP contribution in [0.25, 0.3) is 0 Å². The number of halogens is 1. The van der Waals surface area contributed by atoms with E-state index in [1.54, 1.807) is 6.07 Å². The number of nitro groups is 1. The first-order chi connectivity index (χ1) is 8.08. The van der Waals surface area contributed by atoms with E-state index in [-0.39, 0.29) is 10.7 Å². The van der Waals surface area contributed by atoms with Crippen LogP contribution < -0.4 is 5.32 Å². The van der Waals surface area contributed by atoms with Crippen LogP contribution in [-0.4, -0.2) is 11.5 Å². The van der Waals surface area contributed by atoms with Crippen LogP contribution in [0.1, 0.15) is 24.8 Å². The summed E-state index contributed by atoms with van der Waals surface area (Å²) in [6, 6.07) is 3.16. The molecule has 5 heteroatoms. The number of hydrogen-bond acceptors (Lipinski definition) is 3. The highest BCUT2D eigenvalue weighted by molar-refractivity contribution is 6.33. The minimum Gasteiger partial charge on any atom is -0.385 e. The van der Waals surface area contributed by atoms with Crippen molar-refractivity contribution in [1.82, 2.24) is 0 Å². The summed E-state index contributed by atoms with van der Waals surface area (Å²) >= 11 is 5.87. The van der Waals surface area contributed by atoms with Gasteiger partial charge in [0.2, 0.25) is 0 Å². The average Bonchev–Trinajstić information content (AvgIpc) is 3.06. The monoisotopic (exact) mass is 254 g/mol. The second kappa shape index (κ2) is 4.92. The highest BCUT2D eigenvalue weighted by Gasteiger charge is 2.20. The Kier molecular flexibility index (Phi) is 3.52. The van der Waals surface area contributed by atoms with Gasteiger partial charge in [0.25, 0.3) is 5.69 Å². The quantitative estimate of drug-likeness (QED) is 0.643. The van der Waals surface area contributed by atoms with Crippen molar-refractivity contribution >= 4 is 23.0 Å². The van der Waals surface area contributed by atoms with Gasteiger partial charge in [-0.2, -0.15) is 0 Å². The molecule has 0 aromatic heterocycles. The first-order valence-corrected chi connectivity index (χ1v) is 6.14. The molecule has 1 aromatic rings. The Bertz CT molecular complexity index is 444. The Morgan fingerprint density at radius 3 is 2.82 bits per heavy atom. The maximum absolute atomic E-state index is 10.7. The van der Waals surface area contributed by atoms with Crippen LogP contribution in [0.4, 0.5) is 11.4 Å². The Morgan fingerprint density at radius 1 is 1.53 bits per heavy atom. The zero-order chi connectivity index (χ0) is 12.4. The van der Waals surface area contributed by atoms with Crippen molar-refractivity contribution in [3.63, 3.8) is 0 Å². The molecule has 2 rings (SSSR count). The first kappa shape index (κ1) is 12.2. The molecule has 1 aliphatic rings. The van der Waals surface area contributed by atoms with Gasteiger partial charge in [-0.1, -0.05) is 24.4 Å². The number of rotatable bonds is 5. The SMILES string of the molecule is Cc1cc([N+](=O)[O-])c(Cl)cc1NCCC1CC1. The van der Waals surface area contributed by atoms with E-state index in [4.69, 9.17) is 11.6 Å². The third-order valence-corrected chi connectivity index (χ3v) is 3.36. The van der Waals surface area contributed by atoms with Gasteiger partial charge in [-0.15, -0.1) is 0 Å². The fraction of sp³-hybridized carbons (Fsp3) is 0.500. The van der Waals surface area contributed by atoms with Gasteiger partial charge in [-0.25, -0.2) is 0 Å². The second-order valence-corrected chi connectivity index (χ2v) is 4.94. The van der Waals surface area contributed by atoms with E-state index < -0.39 is 4.92 Å². The minimum absolute atomic E-state index is 0.0306. The van der Waals surface area contributed by atoms with E-state index in [0.29, 0.717) is 0 Å². The van der Waals surface area contributed by atoms with Crippen molar-refractivity contribution in [1.29, 1.82) is 0 Å².